The van der Waals surface area contributed by atoms with Gasteiger partial charge < -0.3 is 17.1 Å². The summed E-state index contributed by atoms with van der Waals surface area (Å²) < 4.78 is 22.3. The lowest BCUT2D eigenvalue weighted by Gasteiger charge is -2.20. The molecule has 0 radical (unpaired) electrons. The summed E-state index contributed by atoms with van der Waals surface area (Å²) in [7, 11) is 1.73. The molecule has 0 fully saturated rings. The van der Waals surface area contributed by atoms with Gasteiger partial charge in [-0.15, -0.1) is 0 Å². The normalized spacial score (nSPS) is 12.9. The van der Waals surface area contributed by atoms with Gasteiger partial charge in [0.2, 0.25) is 0 Å². The van der Waals surface area contributed by atoms with Gasteiger partial charge in [-0.3, -0.25) is 0 Å². The fourth-order valence-electron chi connectivity index (χ4n) is 5.36. The summed E-state index contributed by atoms with van der Waals surface area (Å²) in [5, 5.41) is 0. The van der Waals surface area contributed by atoms with Crippen LogP contribution in [0.1, 0.15) is 114 Å². The summed E-state index contributed by atoms with van der Waals surface area (Å²) in [6.45, 7) is 3.86. The van der Waals surface area contributed by atoms with Gasteiger partial charge >= 0.3 is 0 Å². The maximum absolute atomic E-state index is 14.4. The average Bonchev–Trinajstić information content (AvgIpc) is 2.88. The van der Waals surface area contributed by atoms with Crippen LogP contribution in [0.5, 0.6) is 5.75 Å². The lowest BCUT2D eigenvalue weighted by Crippen LogP contribution is -3.00. The third-order valence-corrected chi connectivity index (χ3v) is 7.49. The summed E-state index contributed by atoms with van der Waals surface area (Å²) in [5.74, 6) is 0.819. The van der Waals surface area contributed by atoms with Crippen molar-refractivity contribution >= 4 is 5.71 Å². The Morgan fingerprint density at radius 1 is 0.806 bits per heavy atom. The standard InChI is InChI=1S/C32H47FNO.ClH/c1-3-4-5-6-7-8-9-10-11-12-13-14-15-20-32-30-22-21-29(35-2)25-27(30)23-24-34(32)26-28-18-16-17-19-31(28)33;/h16-19,21-22,25H,3-15,20,23-24,26H2,1-2H3;1H/q+1;/p-1. The number of hydrogen-bond donors (Lipinski definition) is 0. The van der Waals surface area contributed by atoms with Crippen molar-refractivity contribution in [3.05, 3.63) is 65.0 Å². The van der Waals surface area contributed by atoms with E-state index in [9.17, 15) is 4.39 Å². The number of methoxy groups -OCH3 is 1. The van der Waals surface area contributed by atoms with Gasteiger partial charge in [0.15, 0.2) is 12.3 Å². The molecule has 0 unspecified atom stereocenters. The van der Waals surface area contributed by atoms with Crippen molar-refractivity contribution in [2.75, 3.05) is 13.7 Å². The molecule has 200 valence electrons. The molecule has 0 bridgehead atoms. The quantitative estimate of drug-likeness (QED) is 0.189. The number of fused-ring (bicyclic) bond motifs is 1. The number of nitrogens with zero attached hydrogens (tertiary/aromatic N) is 1. The minimum Gasteiger partial charge on any atom is -1.00 e. The van der Waals surface area contributed by atoms with Gasteiger partial charge in [0.25, 0.3) is 0 Å². The van der Waals surface area contributed by atoms with Crippen molar-refractivity contribution in [3.8, 4) is 5.75 Å². The van der Waals surface area contributed by atoms with E-state index < -0.39 is 0 Å². The first kappa shape index (κ1) is 30.4. The lowest BCUT2D eigenvalue weighted by atomic mass is 9.92. The van der Waals surface area contributed by atoms with Crippen molar-refractivity contribution < 1.29 is 26.1 Å². The van der Waals surface area contributed by atoms with Gasteiger partial charge in [0.1, 0.15) is 18.1 Å². The molecule has 2 aromatic rings. The Balaban J connectivity index is 0.00000456. The predicted molar refractivity (Wildman–Crippen MR) is 146 cm³/mol. The van der Waals surface area contributed by atoms with Crippen molar-refractivity contribution in [2.24, 2.45) is 0 Å². The highest BCUT2D eigenvalue weighted by Gasteiger charge is 2.26. The second kappa shape index (κ2) is 17.6. The van der Waals surface area contributed by atoms with Crippen LogP contribution in [0.25, 0.3) is 0 Å². The van der Waals surface area contributed by atoms with Crippen LogP contribution >= 0.6 is 0 Å². The van der Waals surface area contributed by atoms with Gasteiger partial charge in [0, 0.05) is 18.4 Å². The molecule has 0 atom stereocenters. The van der Waals surface area contributed by atoms with Gasteiger partial charge in [-0.1, -0.05) is 96.1 Å². The van der Waals surface area contributed by atoms with Crippen LogP contribution in [0.2, 0.25) is 0 Å². The van der Waals surface area contributed by atoms with Gasteiger partial charge in [0.05, 0.1) is 12.7 Å². The van der Waals surface area contributed by atoms with E-state index in [2.05, 4.69) is 29.7 Å². The van der Waals surface area contributed by atoms with Crippen molar-refractivity contribution in [1.29, 1.82) is 0 Å². The van der Waals surface area contributed by atoms with E-state index in [4.69, 9.17) is 4.74 Å². The van der Waals surface area contributed by atoms with Crippen molar-refractivity contribution in [1.82, 2.24) is 0 Å². The van der Waals surface area contributed by atoms with Crippen LogP contribution in [0, 0.1) is 5.82 Å². The van der Waals surface area contributed by atoms with Crippen LogP contribution in [-0.4, -0.2) is 23.9 Å². The first-order chi connectivity index (χ1) is 17.2. The molecule has 36 heavy (non-hydrogen) atoms. The average molecular weight is 516 g/mol. The topological polar surface area (TPSA) is 12.2 Å². The Morgan fingerprint density at radius 3 is 2.03 bits per heavy atom. The first-order valence-electron chi connectivity index (χ1n) is 14.2. The molecule has 3 rings (SSSR count). The van der Waals surface area contributed by atoms with Crippen molar-refractivity contribution in [3.63, 3.8) is 0 Å². The zero-order chi connectivity index (χ0) is 24.7. The first-order valence-corrected chi connectivity index (χ1v) is 14.2. The van der Waals surface area contributed by atoms with Gasteiger partial charge in [-0.2, -0.15) is 0 Å². The third kappa shape index (κ3) is 9.88. The van der Waals surface area contributed by atoms with E-state index in [1.807, 2.05) is 12.1 Å². The molecule has 0 aliphatic carbocycles. The molecule has 1 heterocycles. The molecular formula is C32H47ClFNO. The third-order valence-electron chi connectivity index (χ3n) is 7.49. The molecule has 0 saturated carbocycles. The van der Waals surface area contributed by atoms with Crippen LogP contribution in [0.3, 0.4) is 0 Å². The number of benzene rings is 2. The molecule has 0 saturated heterocycles. The lowest BCUT2D eigenvalue weighted by molar-refractivity contribution is -0.546. The van der Waals surface area contributed by atoms with Crippen LogP contribution in [-0.2, 0) is 13.0 Å². The summed E-state index contributed by atoms with van der Waals surface area (Å²) in [4.78, 5) is 0. The molecule has 4 heteroatoms. The van der Waals surface area contributed by atoms with E-state index in [-0.39, 0.29) is 18.2 Å². The van der Waals surface area contributed by atoms with Crippen molar-refractivity contribution in [2.45, 2.75) is 110 Å². The van der Waals surface area contributed by atoms with E-state index >= 15 is 0 Å². The highest BCUT2D eigenvalue weighted by Crippen LogP contribution is 2.25. The number of rotatable bonds is 17. The zero-order valence-electron chi connectivity index (χ0n) is 22.7. The highest BCUT2D eigenvalue weighted by molar-refractivity contribution is 5.98. The zero-order valence-corrected chi connectivity index (χ0v) is 23.4. The maximum Gasteiger partial charge on any atom is 0.183 e. The van der Waals surface area contributed by atoms with E-state index in [1.54, 1.807) is 19.2 Å². The fourth-order valence-corrected chi connectivity index (χ4v) is 5.36. The Kier molecular flexibility index (Phi) is 14.8. The second-order valence-corrected chi connectivity index (χ2v) is 10.2. The predicted octanol–water partition coefficient (Wildman–Crippen LogP) is 5.88. The molecule has 0 aromatic heterocycles. The molecule has 1 aliphatic rings. The largest absolute Gasteiger partial charge is 1.00 e. The number of halogens is 2. The van der Waals surface area contributed by atoms with E-state index in [0.717, 1.165) is 30.7 Å². The molecule has 0 N–H and O–H groups in total. The molecule has 2 nitrogen and oxygen atoms in total. The van der Waals surface area contributed by atoms with Gasteiger partial charge in [-0.05, 0) is 42.3 Å². The molecular weight excluding hydrogens is 469 g/mol. The maximum atomic E-state index is 14.4. The Labute approximate surface area is 225 Å². The second-order valence-electron chi connectivity index (χ2n) is 10.2. The Morgan fingerprint density at radius 2 is 1.42 bits per heavy atom. The Bertz CT molecular complexity index is 926. The smallest absolute Gasteiger partial charge is 0.183 e. The van der Waals surface area contributed by atoms with Gasteiger partial charge in [-0.25, -0.2) is 8.97 Å². The van der Waals surface area contributed by atoms with Crippen LogP contribution < -0.4 is 17.1 Å². The minimum atomic E-state index is -0.103. The van der Waals surface area contributed by atoms with Crippen LogP contribution in [0.4, 0.5) is 4.39 Å². The number of unbranched alkanes of at least 4 members (excludes halogenated alkanes) is 12. The summed E-state index contributed by atoms with van der Waals surface area (Å²) in [6, 6.07) is 13.7. The minimum absolute atomic E-state index is 0. The Hall–Kier alpha value is -1.87. The number of hydrogen-bond acceptors (Lipinski definition) is 1. The molecule has 0 spiro atoms. The molecule has 0 amide bonds. The molecule has 1 aliphatic heterocycles. The van der Waals surface area contributed by atoms with Crippen LogP contribution in [0.15, 0.2) is 42.5 Å². The summed E-state index contributed by atoms with van der Waals surface area (Å²) in [5.41, 5.74) is 4.85. The molecule has 2 aromatic carbocycles. The highest BCUT2D eigenvalue weighted by atomic mass is 35.5. The summed E-state index contributed by atoms with van der Waals surface area (Å²) in [6.07, 6.45) is 19.8. The monoisotopic (exact) mass is 515 g/mol. The SMILES string of the molecule is CCCCCCCCCCCCCCCC1=[N+](Cc2ccccc2F)CCc2cc(OC)ccc21.[Cl-]. The number of ether oxygens (including phenoxy) is 1. The van der Waals surface area contributed by atoms with E-state index in [1.165, 1.54) is 100 Å². The fraction of sp³-hybridized carbons (Fsp3) is 0.594. The van der Waals surface area contributed by atoms with E-state index in [0.29, 0.717) is 6.54 Å². The summed E-state index contributed by atoms with van der Waals surface area (Å²) >= 11 is 0.